The topological polar surface area (TPSA) is 52.3 Å². The monoisotopic (exact) mass is 201 g/mol. The van der Waals surface area contributed by atoms with E-state index >= 15 is 0 Å². The minimum atomic E-state index is -0.466. The highest BCUT2D eigenvalue weighted by Crippen LogP contribution is 2.07. The number of esters is 1. The Morgan fingerprint density at radius 2 is 1.93 bits per heavy atom. The quantitative estimate of drug-likeness (QED) is 0.668. The minimum Gasteiger partial charge on any atom is -0.465 e. The molecule has 0 heterocycles. The fourth-order valence-electron chi connectivity index (χ4n) is 0.978. The van der Waals surface area contributed by atoms with Crippen LogP contribution in [0.4, 0.5) is 0 Å². The Bertz CT molecular complexity index is 169. The maximum Gasteiger partial charge on any atom is 0.323 e. The summed E-state index contributed by atoms with van der Waals surface area (Å²) in [7, 11) is 0. The highest BCUT2D eigenvalue weighted by molar-refractivity contribution is 5.75. The molecule has 2 atom stereocenters. The van der Waals surface area contributed by atoms with Crippen molar-refractivity contribution in [3.8, 4) is 0 Å². The molecule has 0 radical (unpaired) electrons. The number of rotatable bonds is 6. The first-order valence-corrected chi connectivity index (χ1v) is 5.41. The Morgan fingerprint density at radius 3 is 2.36 bits per heavy atom. The first kappa shape index (κ1) is 13.4. The van der Waals surface area contributed by atoms with Gasteiger partial charge in [0.05, 0.1) is 6.61 Å². The highest BCUT2D eigenvalue weighted by atomic mass is 16.5. The molecular formula is C11H23NO2. The van der Waals surface area contributed by atoms with Crippen molar-refractivity contribution in [1.82, 2.24) is 0 Å². The molecule has 0 fully saturated rings. The van der Waals surface area contributed by atoms with E-state index in [4.69, 9.17) is 10.5 Å². The van der Waals surface area contributed by atoms with Crippen LogP contribution in [0.25, 0.3) is 0 Å². The zero-order valence-corrected chi connectivity index (χ0v) is 9.75. The number of hydrogen-bond donors (Lipinski definition) is 1. The summed E-state index contributed by atoms with van der Waals surface area (Å²) < 4.78 is 5.07. The minimum absolute atomic E-state index is 0.196. The lowest BCUT2D eigenvalue weighted by Crippen LogP contribution is -2.38. The van der Waals surface area contributed by atoms with E-state index in [1.165, 1.54) is 0 Å². The second-order valence-corrected chi connectivity index (χ2v) is 4.26. The van der Waals surface area contributed by atoms with Gasteiger partial charge in [-0.1, -0.05) is 34.1 Å². The van der Waals surface area contributed by atoms with Gasteiger partial charge in [-0.15, -0.1) is 0 Å². The molecule has 0 saturated carbocycles. The highest BCUT2D eigenvalue weighted by Gasteiger charge is 2.20. The van der Waals surface area contributed by atoms with Gasteiger partial charge in [0.1, 0.15) is 6.04 Å². The van der Waals surface area contributed by atoms with Crippen LogP contribution >= 0.6 is 0 Å². The molecule has 2 unspecified atom stereocenters. The molecule has 14 heavy (non-hydrogen) atoms. The molecule has 3 heteroatoms. The number of ether oxygens (including phenoxy) is 1. The molecule has 0 bridgehead atoms. The van der Waals surface area contributed by atoms with Gasteiger partial charge in [-0.2, -0.15) is 0 Å². The van der Waals surface area contributed by atoms with Gasteiger partial charge in [0.15, 0.2) is 0 Å². The van der Waals surface area contributed by atoms with Gasteiger partial charge in [-0.3, -0.25) is 4.79 Å². The van der Waals surface area contributed by atoms with Crippen molar-refractivity contribution in [2.75, 3.05) is 6.61 Å². The van der Waals surface area contributed by atoms with Crippen LogP contribution < -0.4 is 5.73 Å². The van der Waals surface area contributed by atoms with Gasteiger partial charge < -0.3 is 10.5 Å². The standard InChI is InChI=1S/C11H23NO2/c1-5-9(4)10(12)11(13)14-7-6-8(2)3/h8-10H,5-7,12H2,1-4H3. The van der Waals surface area contributed by atoms with Crippen LogP contribution in [-0.4, -0.2) is 18.6 Å². The van der Waals surface area contributed by atoms with Crippen LogP contribution in [0.15, 0.2) is 0 Å². The van der Waals surface area contributed by atoms with E-state index < -0.39 is 6.04 Å². The first-order valence-electron chi connectivity index (χ1n) is 5.41. The second-order valence-electron chi connectivity index (χ2n) is 4.26. The molecule has 0 saturated heterocycles. The number of nitrogens with two attached hydrogens (primary N) is 1. The van der Waals surface area contributed by atoms with E-state index in [2.05, 4.69) is 13.8 Å². The molecule has 84 valence electrons. The van der Waals surface area contributed by atoms with Gasteiger partial charge >= 0.3 is 5.97 Å². The Hall–Kier alpha value is -0.570. The smallest absolute Gasteiger partial charge is 0.323 e. The summed E-state index contributed by atoms with van der Waals surface area (Å²) in [6.07, 6.45) is 1.80. The average molecular weight is 201 g/mol. The lowest BCUT2D eigenvalue weighted by atomic mass is 10.0. The predicted octanol–water partition coefficient (Wildman–Crippen LogP) is 1.95. The Labute approximate surface area is 87.0 Å². The Kier molecular flexibility index (Phi) is 6.54. The molecule has 0 rings (SSSR count). The number of carbonyl (C=O) groups is 1. The third-order valence-corrected chi connectivity index (χ3v) is 2.47. The zero-order valence-electron chi connectivity index (χ0n) is 9.75. The number of carbonyl (C=O) groups excluding carboxylic acids is 1. The second kappa shape index (κ2) is 6.82. The van der Waals surface area contributed by atoms with Gasteiger partial charge in [0.2, 0.25) is 0 Å². The molecule has 0 aliphatic rings. The molecule has 0 spiro atoms. The van der Waals surface area contributed by atoms with E-state index in [9.17, 15) is 4.79 Å². The summed E-state index contributed by atoms with van der Waals surface area (Å²) in [5, 5.41) is 0. The van der Waals surface area contributed by atoms with Gasteiger partial charge in [-0.05, 0) is 18.3 Å². The van der Waals surface area contributed by atoms with Gasteiger partial charge in [0.25, 0.3) is 0 Å². The van der Waals surface area contributed by atoms with E-state index in [1.54, 1.807) is 0 Å². The van der Waals surface area contributed by atoms with Crippen molar-refractivity contribution in [3.05, 3.63) is 0 Å². The van der Waals surface area contributed by atoms with Crippen LogP contribution in [0.2, 0.25) is 0 Å². The first-order chi connectivity index (χ1) is 6.49. The summed E-state index contributed by atoms with van der Waals surface area (Å²) in [4.78, 5) is 11.4. The van der Waals surface area contributed by atoms with Crippen LogP contribution in [0.3, 0.4) is 0 Å². The fraction of sp³-hybridized carbons (Fsp3) is 0.909. The molecule has 0 amide bonds. The van der Waals surface area contributed by atoms with E-state index in [-0.39, 0.29) is 11.9 Å². The van der Waals surface area contributed by atoms with Crippen LogP contribution in [0.5, 0.6) is 0 Å². The largest absolute Gasteiger partial charge is 0.465 e. The molecule has 0 aliphatic heterocycles. The van der Waals surface area contributed by atoms with E-state index in [0.717, 1.165) is 12.8 Å². The van der Waals surface area contributed by atoms with E-state index in [1.807, 2.05) is 13.8 Å². The predicted molar refractivity (Wildman–Crippen MR) is 57.8 cm³/mol. The third-order valence-electron chi connectivity index (χ3n) is 2.47. The van der Waals surface area contributed by atoms with Crippen LogP contribution in [-0.2, 0) is 9.53 Å². The lowest BCUT2D eigenvalue weighted by Gasteiger charge is -2.17. The van der Waals surface area contributed by atoms with Crippen molar-refractivity contribution < 1.29 is 9.53 Å². The van der Waals surface area contributed by atoms with Crippen molar-refractivity contribution in [2.24, 2.45) is 17.6 Å². The summed E-state index contributed by atoms with van der Waals surface area (Å²) in [5.41, 5.74) is 5.71. The molecule has 3 nitrogen and oxygen atoms in total. The van der Waals surface area contributed by atoms with Gasteiger partial charge in [0, 0.05) is 0 Å². The molecular weight excluding hydrogens is 178 g/mol. The molecule has 2 N–H and O–H groups in total. The van der Waals surface area contributed by atoms with Gasteiger partial charge in [-0.25, -0.2) is 0 Å². The summed E-state index contributed by atoms with van der Waals surface area (Å²) in [5.74, 6) is 0.490. The Morgan fingerprint density at radius 1 is 1.36 bits per heavy atom. The summed E-state index contributed by atoms with van der Waals surface area (Å²) in [6, 6.07) is -0.466. The normalized spacial score (nSPS) is 15.3. The molecule has 0 aliphatic carbocycles. The Balaban J connectivity index is 3.73. The van der Waals surface area contributed by atoms with Crippen LogP contribution in [0, 0.1) is 11.8 Å². The molecule has 0 aromatic rings. The average Bonchev–Trinajstić information content (AvgIpc) is 2.14. The fourth-order valence-corrected chi connectivity index (χ4v) is 0.978. The third kappa shape index (κ3) is 5.22. The maximum absolute atomic E-state index is 11.4. The van der Waals surface area contributed by atoms with Crippen molar-refractivity contribution in [3.63, 3.8) is 0 Å². The van der Waals surface area contributed by atoms with Crippen molar-refractivity contribution >= 4 is 5.97 Å². The maximum atomic E-state index is 11.4. The molecule has 0 aromatic carbocycles. The SMILES string of the molecule is CCC(C)C(N)C(=O)OCCC(C)C. The number of hydrogen-bond acceptors (Lipinski definition) is 3. The summed E-state index contributed by atoms with van der Waals surface area (Å²) >= 11 is 0. The lowest BCUT2D eigenvalue weighted by molar-refractivity contribution is -0.146. The van der Waals surface area contributed by atoms with Crippen molar-refractivity contribution in [1.29, 1.82) is 0 Å². The molecule has 0 aromatic heterocycles. The van der Waals surface area contributed by atoms with E-state index in [0.29, 0.717) is 12.5 Å². The summed E-state index contributed by atoms with van der Waals surface area (Å²) in [6.45, 7) is 8.67. The van der Waals surface area contributed by atoms with Crippen molar-refractivity contribution in [2.45, 2.75) is 46.6 Å². The van der Waals surface area contributed by atoms with Crippen LogP contribution in [0.1, 0.15) is 40.5 Å². The zero-order chi connectivity index (χ0) is 11.1.